The van der Waals surface area contributed by atoms with Crippen molar-refractivity contribution in [3.05, 3.63) is 0 Å². The molecule has 2 fully saturated rings. The Hall–Kier alpha value is -0.610. The van der Waals surface area contributed by atoms with E-state index in [1.807, 2.05) is 0 Å². The molecule has 4 nitrogen and oxygen atoms in total. The first-order chi connectivity index (χ1) is 8.31. The van der Waals surface area contributed by atoms with Gasteiger partial charge in [-0.05, 0) is 38.8 Å². The van der Waals surface area contributed by atoms with Crippen LogP contribution in [0.25, 0.3) is 0 Å². The predicted octanol–water partition coefficient (Wildman–Crippen LogP) is 0.917. The van der Waals surface area contributed by atoms with Gasteiger partial charge >= 0.3 is 0 Å². The maximum atomic E-state index is 12.0. The largest absolute Gasteiger partial charge is 0.378 e. The van der Waals surface area contributed by atoms with E-state index in [9.17, 15) is 4.79 Å². The van der Waals surface area contributed by atoms with Crippen LogP contribution in [0.2, 0.25) is 0 Å². The molecule has 2 saturated heterocycles. The third kappa shape index (κ3) is 3.42. The molecule has 0 radical (unpaired) electrons. The van der Waals surface area contributed by atoms with E-state index in [-0.39, 0.29) is 11.8 Å². The van der Waals surface area contributed by atoms with Crippen LogP contribution in [0.4, 0.5) is 0 Å². The fourth-order valence-electron chi connectivity index (χ4n) is 2.84. The molecule has 2 aliphatic heterocycles. The molecular weight excluding hydrogens is 216 g/mol. The van der Waals surface area contributed by atoms with Crippen molar-refractivity contribution in [2.45, 2.75) is 38.7 Å². The fourth-order valence-corrected chi connectivity index (χ4v) is 2.84. The Balaban J connectivity index is 1.71. The van der Waals surface area contributed by atoms with Crippen LogP contribution in [-0.4, -0.2) is 38.3 Å². The van der Waals surface area contributed by atoms with Gasteiger partial charge in [-0.25, -0.2) is 0 Å². The van der Waals surface area contributed by atoms with E-state index in [4.69, 9.17) is 4.74 Å². The van der Waals surface area contributed by atoms with Crippen LogP contribution >= 0.6 is 0 Å². The molecule has 2 rings (SSSR count). The van der Waals surface area contributed by atoms with Crippen LogP contribution in [0.15, 0.2) is 0 Å². The maximum absolute atomic E-state index is 12.0. The number of hydrogen-bond donors (Lipinski definition) is 2. The molecule has 0 aliphatic carbocycles. The molecule has 2 N–H and O–H groups in total. The van der Waals surface area contributed by atoms with Gasteiger partial charge in [0.15, 0.2) is 0 Å². The molecule has 2 aliphatic rings. The van der Waals surface area contributed by atoms with E-state index in [1.54, 1.807) is 0 Å². The lowest BCUT2D eigenvalue weighted by Crippen LogP contribution is -2.40. The quantitative estimate of drug-likeness (QED) is 0.768. The normalized spacial score (nSPS) is 30.4. The van der Waals surface area contributed by atoms with Crippen molar-refractivity contribution in [3.63, 3.8) is 0 Å². The highest BCUT2D eigenvalue weighted by atomic mass is 16.5. The SMILES string of the molecule is CCC1OCCC1CNC(=O)C1CCNCC1. The molecule has 4 heteroatoms. The van der Waals surface area contributed by atoms with Gasteiger partial charge in [0.2, 0.25) is 5.91 Å². The highest BCUT2D eigenvalue weighted by Gasteiger charge is 2.28. The number of carbonyl (C=O) groups excluding carboxylic acids is 1. The Labute approximate surface area is 103 Å². The number of ether oxygens (including phenoxy) is 1. The average Bonchev–Trinajstić information content (AvgIpc) is 2.84. The Kier molecular flexibility index (Phi) is 4.80. The molecule has 0 aromatic rings. The molecule has 98 valence electrons. The van der Waals surface area contributed by atoms with Gasteiger partial charge in [0.25, 0.3) is 0 Å². The van der Waals surface area contributed by atoms with Gasteiger partial charge in [0.05, 0.1) is 6.10 Å². The van der Waals surface area contributed by atoms with E-state index in [0.717, 1.165) is 51.9 Å². The van der Waals surface area contributed by atoms with Crippen molar-refractivity contribution in [3.8, 4) is 0 Å². The monoisotopic (exact) mass is 240 g/mol. The summed E-state index contributed by atoms with van der Waals surface area (Å²) >= 11 is 0. The second kappa shape index (κ2) is 6.36. The molecular formula is C13H24N2O2. The summed E-state index contributed by atoms with van der Waals surface area (Å²) in [5.41, 5.74) is 0. The number of nitrogens with one attached hydrogen (secondary N) is 2. The molecule has 0 saturated carbocycles. The molecule has 0 aromatic heterocycles. The summed E-state index contributed by atoms with van der Waals surface area (Å²) in [4.78, 5) is 12.0. The molecule has 17 heavy (non-hydrogen) atoms. The van der Waals surface area contributed by atoms with Gasteiger partial charge in [0.1, 0.15) is 0 Å². The average molecular weight is 240 g/mol. The highest BCUT2D eigenvalue weighted by Crippen LogP contribution is 2.22. The smallest absolute Gasteiger partial charge is 0.223 e. The number of rotatable bonds is 4. The maximum Gasteiger partial charge on any atom is 0.223 e. The van der Waals surface area contributed by atoms with Gasteiger partial charge in [-0.1, -0.05) is 6.92 Å². The second-order valence-corrected chi connectivity index (χ2v) is 5.14. The summed E-state index contributed by atoms with van der Waals surface area (Å²) in [7, 11) is 0. The number of carbonyl (C=O) groups is 1. The van der Waals surface area contributed by atoms with E-state index >= 15 is 0 Å². The summed E-state index contributed by atoms with van der Waals surface area (Å²) < 4.78 is 5.63. The van der Waals surface area contributed by atoms with Gasteiger partial charge in [-0.15, -0.1) is 0 Å². The first kappa shape index (κ1) is 12.8. The Morgan fingerprint density at radius 2 is 2.12 bits per heavy atom. The van der Waals surface area contributed by atoms with Crippen molar-refractivity contribution in [1.82, 2.24) is 10.6 Å². The molecule has 0 bridgehead atoms. The summed E-state index contributed by atoms with van der Waals surface area (Å²) in [6.45, 7) is 5.75. The lowest BCUT2D eigenvalue weighted by Gasteiger charge is -2.23. The third-order valence-electron chi connectivity index (χ3n) is 4.00. The molecule has 2 unspecified atom stereocenters. The first-order valence-corrected chi connectivity index (χ1v) is 6.91. The van der Waals surface area contributed by atoms with Gasteiger partial charge in [-0.2, -0.15) is 0 Å². The van der Waals surface area contributed by atoms with Crippen LogP contribution < -0.4 is 10.6 Å². The van der Waals surface area contributed by atoms with Crippen LogP contribution in [-0.2, 0) is 9.53 Å². The van der Waals surface area contributed by atoms with Crippen LogP contribution in [0.1, 0.15) is 32.6 Å². The van der Waals surface area contributed by atoms with E-state index < -0.39 is 0 Å². The number of piperidine rings is 1. The van der Waals surface area contributed by atoms with E-state index in [2.05, 4.69) is 17.6 Å². The highest BCUT2D eigenvalue weighted by molar-refractivity contribution is 5.78. The van der Waals surface area contributed by atoms with Gasteiger partial charge in [-0.3, -0.25) is 4.79 Å². The molecule has 2 heterocycles. The Morgan fingerprint density at radius 3 is 2.82 bits per heavy atom. The minimum absolute atomic E-state index is 0.221. The lowest BCUT2D eigenvalue weighted by atomic mass is 9.96. The summed E-state index contributed by atoms with van der Waals surface area (Å²) in [5.74, 6) is 0.984. The molecule has 0 spiro atoms. The van der Waals surface area contributed by atoms with E-state index in [0.29, 0.717) is 12.0 Å². The summed E-state index contributed by atoms with van der Waals surface area (Å²) in [5, 5.41) is 6.39. The Bertz CT molecular complexity index is 252. The van der Waals surface area contributed by atoms with Gasteiger partial charge in [0, 0.05) is 25.0 Å². The standard InChI is InChI=1S/C13H24N2O2/c1-2-12-11(5-8-17-12)9-15-13(16)10-3-6-14-7-4-10/h10-12,14H,2-9H2,1H3,(H,15,16). The zero-order valence-electron chi connectivity index (χ0n) is 10.7. The lowest BCUT2D eigenvalue weighted by molar-refractivity contribution is -0.126. The third-order valence-corrected chi connectivity index (χ3v) is 4.00. The molecule has 1 amide bonds. The Morgan fingerprint density at radius 1 is 1.35 bits per heavy atom. The minimum atomic E-state index is 0.221. The van der Waals surface area contributed by atoms with Crippen molar-refractivity contribution >= 4 is 5.91 Å². The molecule has 2 atom stereocenters. The van der Waals surface area contributed by atoms with Gasteiger partial charge < -0.3 is 15.4 Å². The van der Waals surface area contributed by atoms with Crippen LogP contribution in [0, 0.1) is 11.8 Å². The molecule has 0 aromatic carbocycles. The predicted molar refractivity (Wildman–Crippen MR) is 66.7 cm³/mol. The van der Waals surface area contributed by atoms with Crippen molar-refractivity contribution in [2.24, 2.45) is 11.8 Å². The summed E-state index contributed by atoms with van der Waals surface area (Å²) in [6.07, 6.45) is 4.44. The zero-order valence-corrected chi connectivity index (χ0v) is 10.7. The topological polar surface area (TPSA) is 50.4 Å². The van der Waals surface area contributed by atoms with E-state index in [1.165, 1.54) is 0 Å². The fraction of sp³-hybridized carbons (Fsp3) is 0.923. The van der Waals surface area contributed by atoms with Crippen molar-refractivity contribution < 1.29 is 9.53 Å². The number of amides is 1. The zero-order chi connectivity index (χ0) is 12.1. The number of hydrogen-bond acceptors (Lipinski definition) is 3. The van der Waals surface area contributed by atoms with Crippen molar-refractivity contribution in [2.75, 3.05) is 26.2 Å². The second-order valence-electron chi connectivity index (χ2n) is 5.14. The summed E-state index contributed by atoms with van der Waals surface area (Å²) in [6, 6.07) is 0. The van der Waals surface area contributed by atoms with Crippen LogP contribution in [0.5, 0.6) is 0 Å². The minimum Gasteiger partial charge on any atom is -0.378 e. The first-order valence-electron chi connectivity index (χ1n) is 6.91. The van der Waals surface area contributed by atoms with Crippen molar-refractivity contribution in [1.29, 1.82) is 0 Å². The van der Waals surface area contributed by atoms with Crippen LogP contribution in [0.3, 0.4) is 0 Å².